The molecule has 1 unspecified atom stereocenters. The van der Waals surface area contributed by atoms with Crippen molar-refractivity contribution in [3.05, 3.63) is 21.9 Å². The monoisotopic (exact) mass is 320 g/mol. The maximum Gasteiger partial charge on any atom is 0.343 e. The van der Waals surface area contributed by atoms with Crippen molar-refractivity contribution >= 4 is 39.0 Å². The molecule has 0 aliphatic carbocycles. The Balaban J connectivity index is 2.95. The van der Waals surface area contributed by atoms with Crippen LogP contribution in [0.4, 0.5) is 0 Å². The van der Waals surface area contributed by atoms with Gasteiger partial charge in [0.1, 0.15) is 0 Å². The molecule has 0 bridgehead atoms. The summed E-state index contributed by atoms with van der Waals surface area (Å²) in [6.45, 7) is 3.23. The van der Waals surface area contributed by atoms with Gasteiger partial charge in [0.25, 0.3) is 0 Å². The third-order valence-electron chi connectivity index (χ3n) is 2.15. The summed E-state index contributed by atoms with van der Waals surface area (Å²) in [4.78, 5) is 23.9. The fraction of sp³-hybridized carbons (Fsp3) is 0.455. The van der Waals surface area contributed by atoms with E-state index in [1.54, 1.807) is 19.1 Å². The molecule has 1 aromatic heterocycles. The number of aliphatic hydroxyl groups is 1. The van der Waals surface area contributed by atoms with Crippen LogP contribution in [-0.2, 0) is 15.1 Å². The second-order valence-electron chi connectivity index (χ2n) is 3.51. The van der Waals surface area contributed by atoms with Gasteiger partial charge in [-0.1, -0.05) is 15.9 Å². The Morgan fingerprint density at radius 3 is 2.71 bits per heavy atom. The largest absolute Gasteiger partial charge is 0.464 e. The second kappa shape index (κ2) is 5.75. The lowest BCUT2D eigenvalue weighted by Gasteiger charge is -2.19. The summed E-state index contributed by atoms with van der Waals surface area (Å²) in [5, 5.41) is 10.3. The van der Waals surface area contributed by atoms with Gasteiger partial charge in [-0.05, 0) is 26.0 Å². The number of ketones is 1. The SMILES string of the molecule is CCOC(=O)C(C)(O)c1ccc(C(=O)CBr)s1. The van der Waals surface area contributed by atoms with E-state index in [-0.39, 0.29) is 17.7 Å². The summed E-state index contributed by atoms with van der Waals surface area (Å²) < 4.78 is 4.78. The van der Waals surface area contributed by atoms with Gasteiger partial charge in [-0.3, -0.25) is 4.79 Å². The predicted octanol–water partition coefficient (Wildman–Crippen LogP) is 2.10. The summed E-state index contributed by atoms with van der Waals surface area (Å²) in [5.74, 6) is -0.791. The standard InChI is InChI=1S/C11H13BrO4S/c1-3-16-10(14)11(2,15)9-5-4-8(17-9)7(13)6-12/h4-5,15H,3,6H2,1-2H3. The van der Waals surface area contributed by atoms with E-state index >= 15 is 0 Å². The molecule has 0 aliphatic rings. The summed E-state index contributed by atoms with van der Waals surface area (Å²) >= 11 is 4.16. The zero-order valence-corrected chi connectivity index (χ0v) is 11.9. The first kappa shape index (κ1) is 14.3. The van der Waals surface area contributed by atoms with E-state index in [0.717, 1.165) is 11.3 Å². The summed E-state index contributed by atoms with van der Waals surface area (Å²) in [6, 6.07) is 3.16. The van der Waals surface area contributed by atoms with Crippen LogP contribution in [0.5, 0.6) is 0 Å². The van der Waals surface area contributed by atoms with Crippen LogP contribution in [-0.4, -0.2) is 28.8 Å². The first-order valence-corrected chi connectivity index (χ1v) is 6.96. The zero-order chi connectivity index (χ0) is 13.1. The van der Waals surface area contributed by atoms with Crippen LogP contribution in [0.15, 0.2) is 12.1 Å². The average Bonchev–Trinajstić information content (AvgIpc) is 2.78. The maximum absolute atomic E-state index is 11.6. The summed E-state index contributed by atoms with van der Waals surface area (Å²) in [6.07, 6.45) is 0. The van der Waals surface area contributed by atoms with Crippen molar-refractivity contribution in [2.75, 3.05) is 11.9 Å². The number of hydrogen-bond donors (Lipinski definition) is 1. The molecule has 0 spiro atoms. The minimum absolute atomic E-state index is 0.0825. The molecule has 6 heteroatoms. The minimum Gasteiger partial charge on any atom is -0.464 e. The molecule has 1 atom stereocenters. The predicted molar refractivity (Wildman–Crippen MR) is 68.6 cm³/mol. The van der Waals surface area contributed by atoms with Gasteiger partial charge in [-0.15, -0.1) is 11.3 Å². The number of thiophene rings is 1. The molecule has 4 nitrogen and oxygen atoms in total. The highest BCUT2D eigenvalue weighted by molar-refractivity contribution is 9.09. The zero-order valence-electron chi connectivity index (χ0n) is 9.53. The van der Waals surface area contributed by atoms with Crippen LogP contribution in [0.1, 0.15) is 28.4 Å². The average molecular weight is 321 g/mol. The quantitative estimate of drug-likeness (QED) is 0.512. The molecule has 1 aromatic rings. The van der Waals surface area contributed by atoms with Gasteiger partial charge < -0.3 is 9.84 Å². The Morgan fingerprint density at radius 1 is 1.53 bits per heavy atom. The third-order valence-corrected chi connectivity index (χ3v) is 4.00. The van der Waals surface area contributed by atoms with Crippen LogP contribution < -0.4 is 0 Å². The number of halogens is 1. The molecule has 0 fully saturated rings. The Kier molecular flexibility index (Phi) is 4.85. The van der Waals surface area contributed by atoms with E-state index < -0.39 is 11.6 Å². The Hall–Kier alpha value is -0.720. The van der Waals surface area contributed by atoms with Gasteiger partial charge in [-0.25, -0.2) is 4.79 Å². The van der Waals surface area contributed by atoms with Gasteiger partial charge in [0.15, 0.2) is 11.4 Å². The first-order chi connectivity index (χ1) is 7.93. The molecule has 0 aliphatic heterocycles. The Labute approximate surface area is 112 Å². The van der Waals surface area contributed by atoms with Crippen molar-refractivity contribution in [2.24, 2.45) is 0 Å². The number of Topliss-reactive ketones (excluding diaryl/α,β-unsaturated/α-hetero) is 1. The van der Waals surface area contributed by atoms with Crippen LogP contribution in [0.3, 0.4) is 0 Å². The fourth-order valence-electron chi connectivity index (χ4n) is 1.19. The van der Waals surface area contributed by atoms with Crippen LogP contribution in [0.2, 0.25) is 0 Å². The molecule has 0 saturated heterocycles. The lowest BCUT2D eigenvalue weighted by molar-refractivity contribution is -0.163. The number of rotatable bonds is 5. The number of alkyl halides is 1. The molecule has 1 rings (SSSR count). The van der Waals surface area contributed by atoms with Crippen molar-refractivity contribution in [1.29, 1.82) is 0 Å². The van der Waals surface area contributed by atoms with Gasteiger partial charge in [-0.2, -0.15) is 0 Å². The number of carbonyl (C=O) groups is 2. The molecule has 0 aromatic carbocycles. The smallest absolute Gasteiger partial charge is 0.343 e. The summed E-state index contributed by atoms with van der Waals surface area (Å²) in [5.41, 5.74) is -1.70. The Morgan fingerprint density at radius 2 is 2.18 bits per heavy atom. The van der Waals surface area contributed by atoms with Crippen LogP contribution >= 0.6 is 27.3 Å². The fourth-order valence-corrected chi connectivity index (χ4v) is 2.65. The van der Waals surface area contributed by atoms with Crippen molar-refractivity contribution in [3.8, 4) is 0 Å². The molecular weight excluding hydrogens is 308 g/mol. The molecule has 1 heterocycles. The summed E-state index contributed by atoms with van der Waals surface area (Å²) in [7, 11) is 0. The number of ether oxygens (including phenoxy) is 1. The van der Waals surface area contributed by atoms with Crippen molar-refractivity contribution < 1.29 is 19.4 Å². The molecule has 0 radical (unpaired) electrons. The second-order valence-corrected chi connectivity index (χ2v) is 5.16. The molecule has 17 heavy (non-hydrogen) atoms. The molecule has 0 amide bonds. The number of carbonyl (C=O) groups excluding carboxylic acids is 2. The first-order valence-electron chi connectivity index (χ1n) is 5.02. The topological polar surface area (TPSA) is 63.6 Å². The van der Waals surface area contributed by atoms with Gasteiger partial charge in [0.05, 0.1) is 16.8 Å². The highest BCUT2D eigenvalue weighted by Gasteiger charge is 2.35. The van der Waals surface area contributed by atoms with Crippen molar-refractivity contribution in [3.63, 3.8) is 0 Å². The molecule has 0 saturated carbocycles. The van der Waals surface area contributed by atoms with Crippen molar-refractivity contribution in [2.45, 2.75) is 19.4 Å². The highest BCUT2D eigenvalue weighted by Crippen LogP contribution is 2.29. The van der Waals surface area contributed by atoms with E-state index in [4.69, 9.17) is 4.74 Å². The van der Waals surface area contributed by atoms with Gasteiger partial charge in [0, 0.05) is 4.88 Å². The van der Waals surface area contributed by atoms with Crippen LogP contribution in [0, 0.1) is 0 Å². The van der Waals surface area contributed by atoms with E-state index in [1.807, 2.05) is 0 Å². The van der Waals surface area contributed by atoms with Crippen molar-refractivity contribution in [1.82, 2.24) is 0 Å². The number of hydrogen-bond acceptors (Lipinski definition) is 5. The lowest BCUT2D eigenvalue weighted by Crippen LogP contribution is -2.33. The normalized spacial score (nSPS) is 14.1. The highest BCUT2D eigenvalue weighted by atomic mass is 79.9. The van der Waals surface area contributed by atoms with Gasteiger partial charge in [0.2, 0.25) is 0 Å². The lowest BCUT2D eigenvalue weighted by atomic mass is 10.1. The van der Waals surface area contributed by atoms with Crippen LogP contribution in [0.25, 0.3) is 0 Å². The van der Waals surface area contributed by atoms with Gasteiger partial charge >= 0.3 is 5.97 Å². The van der Waals surface area contributed by atoms with E-state index in [1.165, 1.54) is 6.92 Å². The van der Waals surface area contributed by atoms with E-state index in [9.17, 15) is 14.7 Å². The Bertz CT molecular complexity index is 425. The van der Waals surface area contributed by atoms with E-state index in [0.29, 0.717) is 9.75 Å². The van der Waals surface area contributed by atoms with E-state index in [2.05, 4.69) is 15.9 Å². The molecule has 1 N–H and O–H groups in total. The minimum atomic E-state index is -1.70. The molecule has 94 valence electrons. The number of esters is 1. The third kappa shape index (κ3) is 3.14. The maximum atomic E-state index is 11.6. The molecular formula is C11H13BrO4S.